The van der Waals surface area contributed by atoms with Crippen LogP contribution in [0.25, 0.3) is 0 Å². The van der Waals surface area contributed by atoms with E-state index in [9.17, 15) is 5.21 Å². The molecule has 2 unspecified atom stereocenters. The summed E-state index contributed by atoms with van der Waals surface area (Å²) in [7, 11) is 2.12. The fourth-order valence-corrected chi connectivity index (χ4v) is 1.48. The summed E-state index contributed by atoms with van der Waals surface area (Å²) < 4.78 is 0. The summed E-state index contributed by atoms with van der Waals surface area (Å²) in [5, 5.41) is 12.7. The lowest BCUT2D eigenvalue weighted by molar-refractivity contribution is -0.899. The minimum Gasteiger partial charge on any atom is -0.792 e. The number of piperidine rings is 1. The van der Waals surface area contributed by atoms with Crippen molar-refractivity contribution in [2.45, 2.75) is 25.3 Å². The maximum atomic E-state index is 9.90. The molecule has 1 N–H and O–H groups in total. The predicted octanol–water partition coefficient (Wildman–Crippen LogP) is -0.378. The fourth-order valence-electron chi connectivity index (χ4n) is 1.48. The van der Waals surface area contributed by atoms with Gasteiger partial charge in [0, 0.05) is 6.42 Å². The molecule has 1 aliphatic heterocycles. The molecule has 0 saturated carbocycles. The lowest BCUT2D eigenvalue weighted by Gasteiger charge is -2.26. The molecular formula is C7H14N2O. The van der Waals surface area contributed by atoms with Crippen LogP contribution in [0.15, 0.2) is 5.16 Å². The molecule has 10 heavy (non-hydrogen) atoms. The SMILES string of the molecule is C[NH+]1CCCCC1C=N[O-]. The van der Waals surface area contributed by atoms with Crippen LogP contribution in [0.4, 0.5) is 0 Å². The van der Waals surface area contributed by atoms with E-state index in [1.54, 1.807) is 0 Å². The van der Waals surface area contributed by atoms with Gasteiger partial charge in [-0.25, -0.2) is 0 Å². The Bertz CT molecular complexity index is 125. The molecule has 0 aromatic heterocycles. The summed E-state index contributed by atoms with van der Waals surface area (Å²) in [5.74, 6) is 0. The Hall–Kier alpha value is -0.570. The topological polar surface area (TPSA) is 39.9 Å². The normalized spacial score (nSPS) is 34.9. The van der Waals surface area contributed by atoms with E-state index in [0.717, 1.165) is 6.42 Å². The summed E-state index contributed by atoms with van der Waals surface area (Å²) in [4.78, 5) is 1.42. The second-order valence-electron chi connectivity index (χ2n) is 2.95. The molecule has 2 atom stereocenters. The van der Waals surface area contributed by atoms with Crippen molar-refractivity contribution in [3.05, 3.63) is 5.21 Å². The number of hydrogen-bond donors (Lipinski definition) is 1. The summed E-state index contributed by atoms with van der Waals surface area (Å²) in [6.45, 7) is 1.18. The maximum Gasteiger partial charge on any atom is 0.122 e. The smallest absolute Gasteiger partial charge is 0.122 e. The summed E-state index contributed by atoms with van der Waals surface area (Å²) in [6, 6.07) is 0.381. The van der Waals surface area contributed by atoms with Crippen LogP contribution < -0.4 is 4.90 Å². The molecule has 0 aliphatic carbocycles. The highest BCUT2D eigenvalue weighted by molar-refractivity contribution is 5.62. The average Bonchev–Trinajstić information content (AvgIpc) is 1.94. The van der Waals surface area contributed by atoms with Crippen molar-refractivity contribution in [1.82, 2.24) is 0 Å². The van der Waals surface area contributed by atoms with Gasteiger partial charge in [-0.1, -0.05) is 0 Å². The van der Waals surface area contributed by atoms with Crippen molar-refractivity contribution in [3.8, 4) is 0 Å². The first-order valence-corrected chi connectivity index (χ1v) is 3.82. The van der Waals surface area contributed by atoms with E-state index in [-0.39, 0.29) is 0 Å². The quantitative estimate of drug-likeness (QED) is 0.393. The first-order chi connectivity index (χ1) is 4.84. The van der Waals surface area contributed by atoms with Gasteiger partial charge in [-0.15, -0.1) is 0 Å². The fraction of sp³-hybridized carbons (Fsp3) is 0.857. The van der Waals surface area contributed by atoms with Gasteiger partial charge >= 0.3 is 0 Å². The van der Waals surface area contributed by atoms with E-state index < -0.39 is 0 Å². The van der Waals surface area contributed by atoms with Crippen molar-refractivity contribution in [1.29, 1.82) is 0 Å². The minimum atomic E-state index is 0.381. The molecule has 1 saturated heterocycles. The lowest BCUT2D eigenvalue weighted by atomic mass is 10.0. The van der Waals surface area contributed by atoms with Crippen molar-refractivity contribution in [3.63, 3.8) is 0 Å². The first-order valence-electron chi connectivity index (χ1n) is 3.82. The Morgan fingerprint density at radius 3 is 3.00 bits per heavy atom. The van der Waals surface area contributed by atoms with E-state index in [2.05, 4.69) is 12.2 Å². The molecule has 58 valence electrons. The maximum absolute atomic E-state index is 9.90. The standard InChI is InChI=1S/C7H14N2O/c1-9-5-3-2-4-7(9)6-8-10/h6-7,10H,2-5H2,1H3. The van der Waals surface area contributed by atoms with Crippen LogP contribution in [-0.2, 0) is 0 Å². The number of likely N-dealkylation sites (tertiary alicyclic amines) is 1. The Kier molecular flexibility index (Phi) is 2.68. The molecule has 0 amide bonds. The Balaban J connectivity index is 2.39. The van der Waals surface area contributed by atoms with Crippen molar-refractivity contribution < 1.29 is 4.90 Å². The van der Waals surface area contributed by atoms with Crippen LogP contribution >= 0.6 is 0 Å². The van der Waals surface area contributed by atoms with Crippen LogP contribution in [0.2, 0.25) is 0 Å². The van der Waals surface area contributed by atoms with E-state index in [4.69, 9.17) is 0 Å². The van der Waals surface area contributed by atoms with E-state index >= 15 is 0 Å². The largest absolute Gasteiger partial charge is 0.792 e. The molecule has 3 nitrogen and oxygen atoms in total. The predicted molar refractivity (Wildman–Crippen MR) is 41.3 cm³/mol. The molecule has 0 spiro atoms. The molecule has 3 heteroatoms. The molecule has 0 aromatic carbocycles. The van der Waals surface area contributed by atoms with Gasteiger partial charge in [-0.3, -0.25) is 0 Å². The molecule has 0 aromatic rings. The number of nitrogens with zero attached hydrogens (tertiary/aromatic N) is 1. The van der Waals surface area contributed by atoms with Gasteiger partial charge in [0.1, 0.15) is 6.04 Å². The second-order valence-corrected chi connectivity index (χ2v) is 2.95. The number of nitrogens with one attached hydrogen (secondary N) is 1. The molecule has 1 rings (SSSR count). The molecular weight excluding hydrogens is 128 g/mol. The van der Waals surface area contributed by atoms with Gasteiger partial charge in [0.25, 0.3) is 0 Å². The van der Waals surface area contributed by atoms with Gasteiger partial charge in [-0.2, -0.15) is 0 Å². The van der Waals surface area contributed by atoms with Gasteiger partial charge in [-0.05, 0) is 12.8 Å². The van der Waals surface area contributed by atoms with E-state index in [1.165, 1.54) is 30.5 Å². The van der Waals surface area contributed by atoms with Crippen LogP contribution in [0.3, 0.4) is 0 Å². The Labute approximate surface area is 61.3 Å². The molecule has 1 aliphatic rings. The Morgan fingerprint density at radius 1 is 1.60 bits per heavy atom. The van der Waals surface area contributed by atoms with Crippen molar-refractivity contribution >= 4 is 6.21 Å². The Morgan fingerprint density at radius 2 is 2.40 bits per heavy atom. The number of hydrogen-bond acceptors (Lipinski definition) is 2. The minimum absolute atomic E-state index is 0.381. The van der Waals surface area contributed by atoms with Crippen molar-refractivity contribution in [2.24, 2.45) is 5.16 Å². The second kappa shape index (κ2) is 3.56. The molecule has 0 bridgehead atoms. The molecule has 0 radical (unpaired) electrons. The van der Waals surface area contributed by atoms with Gasteiger partial charge < -0.3 is 15.3 Å². The van der Waals surface area contributed by atoms with Gasteiger partial charge in [0.15, 0.2) is 0 Å². The van der Waals surface area contributed by atoms with Gasteiger partial charge in [0.2, 0.25) is 0 Å². The highest BCUT2D eigenvalue weighted by atomic mass is 16.4. The monoisotopic (exact) mass is 142 g/mol. The van der Waals surface area contributed by atoms with E-state index in [0.29, 0.717) is 6.04 Å². The van der Waals surface area contributed by atoms with Crippen LogP contribution in [0.1, 0.15) is 19.3 Å². The molecule has 1 fully saturated rings. The summed E-state index contributed by atoms with van der Waals surface area (Å²) in [5.41, 5.74) is 0. The van der Waals surface area contributed by atoms with Crippen LogP contribution in [-0.4, -0.2) is 25.8 Å². The summed E-state index contributed by atoms with van der Waals surface area (Å²) in [6.07, 6.45) is 5.19. The first kappa shape index (κ1) is 7.54. The van der Waals surface area contributed by atoms with Crippen LogP contribution in [0.5, 0.6) is 0 Å². The zero-order valence-electron chi connectivity index (χ0n) is 6.34. The third kappa shape index (κ3) is 1.70. The third-order valence-electron chi connectivity index (χ3n) is 2.21. The van der Waals surface area contributed by atoms with E-state index in [1.807, 2.05) is 0 Å². The lowest BCUT2D eigenvalue weighted by Crippen LogP contribution is -3.14. The molecule has 1 heterocycles. The zero-order chi connectivity index (χ0) is 7.40. The third-order valence-corrected chi connectivity index (χ3v) is 2.21. The average molecular weight is 142 g/mol. The highest BCUT2D eigenvalue weighted by Gasteiger charge is 2.19. The number of rotatable bonds is 1. The zero-order valence-corrected chi connectivity index (χ0v) is 6.34. The van der Waals surface area contributed by atoms with Crippen LogP contribution in [0, 0.1) is 5.21 Å². The van der Waals surface area contributed by atoms with Gasteiger partial charge in [0.05, 0.1) is 19.8 Å². The van der Waals surface area contributed by atoms with Crippen molar-refractivity contribution in [2.75, 3.05) is 13.6 Å². The highest BCUT2D eigenvalue weighted by Crippen LogP contribution is 2.00. The number of quaternary nitrogens is 1. The summed E-state index contributed by atoms with van der Waals surface area (Å²) >= 11 is 0.